The van der Waals surface area contributed by atoms with Crippen LogP contribution in [0.3, 0.4) is 0 Å². The van der Waals surface area contributed by atoms with Crippen LogP contribution in [0.5, 0.6) is 0 Å². The van der Waals surface area contributed by atoms with E-state index in [0.717, 1.165) is 6.92 Å². The van der Waals surface area contributed by atoms with Crippen LogP contribution in [-0.2, 0) is 9.36 Å². The van der Waals surface area contributed by atoms with E-state index in [1.165, 1.54) is 0 Å². The van der Waals surface area contributed by atoms with Crippen LogP contribution in [0.2, 0.25) is 0 Å². The van der Waals surface area contributed by atoms with Crippen LogP contribution >= 0.6 is 7.60 Å². The van der Waals surface area contributed by atoms with Crippen LogP contribution in [0.1, 0.15) is 6.92 Å². The number of nitrogens with two attached hydrogens (primary N) is 1. The summed E-state index contributed by atoms with van der Waals surface area (Å²) in [5, 5.41) is 1.90. The van der Waals surface area contributed by atoms with E-state index in [9.17, 15) is 13.8 Å². The lowest BCUT2D eigenvalue weighted by atomic mass is 10.3. The summed E-state index contributed by atoms with van der Waals surface area (Å²) < 4.78 is 22.3. The van der Waals surface area contributed by atoms with Gasteiger partial charge in [0.15, 0.2) is 0 Å². The molecule has 13 heavy (non-hydrogen) atoms. The molecule has 0 aromatic heterocycles. The van der Waals surface area contributed by atoms with Crippen molar-refractivity contribution in [3.05, 3.63) is 0 Å². The fourth-order valence-corrected chi connectivity index (χ4v) is 0.762. The average Bonchev–Trinajstić information content (AvgIpc) is 2.01. The van der Waals surface area contributed by atoms with E-state index in [-0.39, 0.29) is 0 Å². The van der Waals surface area contributed by atoms with Crippen molar-refractivity contribution in [3.63, 3.8) is 0 Å². The van der Waals surface area contributed by atoms with Gasteiger partial charge >= 0.3 is 7.60 Å². The second kappa shape index (κ2) is 4.66. The molecule has 1 unspecified atom stereocenters. The van der Waals surface area contributed by atoms with E-state index in [1.807, 2.05) is 5.32 Å². The maximum Gasteiger partial charge on any atom is 0.347 e. The van der Waals surface area contributed by atoms with Gasteiger partial charge in [-0.3, -0.25) is 9.36 Å². The molecule has 0 radical (unpaired) electrons. The highest BCUT2D eigenvalue weighted by molar-refractivity contribution is 7.52. The Morgan fingerprint density at radius 2 is 2.15 bits per heavy atom. The van der Waals surface area contributed by atoms with Gasteiger partial charge in [-0.25, -0.2) is 4.39 Å². The standard InChI is InChI=1S/C5H12FN2O4P/c1-3(13(10,11)12)8-5(9)4(7)2-6/h3-4H,2,7H2,1H3,(H,8,9)(H2,10,11,12)/t3-,4?/m1/s1. The summed E-state index contributed by atoms with van der Waals surface area (Å²) in [6, 6.07) is -1.38. The molecule has 6 nitrogen and oxygen atoms in total. The highest BCUT2D eigenvalue weighted by Crippen LogP contribution is 2.38. The first kappa shape index (κ1) is 12.5. The molecule has 0 aromatic carbocycles. The molecule has 0 saturated heterocycles. The minimum Gasteiger partial charge on any atom is -0.341 e. The smallest absolute Gasteiger partial charge is 0.341 e. The molecule has 0 aliphatic heterocycles. The van der Waals surface area contributed by atoms with E-state index in [1.54, 1.807) is 0 Å². The number of amides is 1. The fourth-order valence-electron chi connectivity index (χ4n) is 0.467. The summed E-state index contributed by atoms with van der Waals surface area (Å²) in [5.74, 6) is -2.27. The molecular formula is C5H12FN2O4P. The number of rotatable bonds is 4. The van der Waals surface area contributed by atoms with Crippen molar-refractivity contribution in [3.8, 4) is 0 Å². The molecule has 0 aromatic rings. The maximum atomic E-state index is 11.8. The lowest BCUT2D eigenvalue weighted by molar-refractivity contribution is -0.122. The highest BCUT2D eigenvalue weighted by atomic mass is 31.2. The van der Waals surface area contributed by atoms with Gasteiger partial charge in [-0.1, -0.05) is 0 Å². The molecule has 0 rings (SSSR count). The number of hydrogen-bond donors (Lipinski definition) is 4. The third kappa shape index (κ3) is 4.33. The van der Waals surface area contributed by atoms with Crippen molar-refractivity contribution in [2.24, 2.45) is 5.73 Å². The van der Waals surface area contributed by atoms with E-state index >= 15 is 0 Å². The molecular weight excluding hydrogens is 202 g/mol. The first-order chi connectivity index (χ1) is 5.79. The molecule has 0 saturated carbocycles. The van der Waals surface area contributed by atoms with Gasteiger partial charge in [0.05, 0.1) is 0 Å². The van der Waals surface area contributed by atoms with Gasteiger partial charge < -0.3 is 20.8 Å². The minimum absolute atomic E-state index is 0.918. The largest absolute Gasteiger partial charge is 0.347 e. The van der Waals surface area contributed by atoms with Crippen LogP contribution in [0, 0.1) is 0 Å². The van der Waals surface area contributed by atoms with Crippen molar-refractivity contribution in [2.45, 2.75) is 18.7 Å². The molecule has 78 valence electrons. The molecule has 0 bridgehead atoms. The van der Waals surface area contributed by atoms with Gasteiger partial charge in [0, 0.05) is 0 Å². The van der Waals surface area contributed by atoms with Gasteiger partial charge in [-0.2, -0.15) is 0 Å². The lowest BCUT2D eigenvalue weighted by Crippen LogP contribution is -2.45. The predicted octanol–water partition coefficient (Wildman–Crippen LogP) is -1.08. The second-order valence-corrected chi connectivity index (χ2v) is 4.49. The third-order valence-corrected chi connectivity index (χ3v) is 2.50. The Morgan fingerprint density at radius 1 is 1.69 bits per heavy atom. The molecule has 0 heterocycles. The van der Waals surface area contributed by atoms with Gasteiger partial charge in [0.2, 0.25) is 5.91 Å². The van der Waals surface area contributed by atoms with Gasteiger partial charge in [0.25, 0.3) is 0 Å². The molecule has 1 amide bonds. The third-order valence-electron chi connectivity index (χ3n) is 1.36. The van der Waals surface area contributed by atoms with Crippen molar-refractivity contribution >= 4 is 13.5 Å². The summed E-state index contributed by atoms with van der Waals surface area (Å²) in [4.78, 5) is 27.9. The van der Waals surface area contributed by atoms with E-state index in [0.29, 0.717) is 0 Å². The number of carbonyl (C=O) groups is 1. The quantitative estimate of drug-likeness (QED) is 0.445. The zero-order chi connectivity index (χ0) is 10.6. The van der Waals surface area contributed by atoms with Crippen molar-refractivity contribution in [1.82, 2.24) is 5.32 Å². The monoisotopic (exact) mass is 214 g/mol. The molecule has 2 atom stereocenters. The maximum absolute atomic E-state index is 11.8. The summed E-state index contributed by atoms with van der Waals surface area (Å²) >= 11 is 0. The average molecular weight is 214 g/mol. The normalized spacial score (nSPS) is 16.4. The van der Waals surface area contributed by atoms with E-state index in [2.05, 4.69) is 0 Å². The van der Waals surface area contributed by atoms with Crippen LogP contribution in [-0.4, -0.2) is 34.2 Å². The Kier molecular flexibility index (Phi) is 4.49. The Labute approximate surface area is 74.5 Å². The number of carbonyl (C=O) groups excluding carboxylic acids is 1. The van der Waals surface area contributed by atoms with Crippen LogP contribution in [0.25, 0.3) is 0 Å². The SMILES string of the molecule is C[C@H](NC(=O)C(N)CF)P(=O)(O)O. The fraction of sp³-hybridized carbons (Fsp3) is 0.800. The zero-order valence-electron chi connectivity index (χ0n) is 6.98. The predicted molar refractivity (Wildman–Crippen MR) is 43.6 cm³/mol. The Hall–Kier alpha value is -0.490. The molecule has 0 aliphatic rings. The highest BCUT2D eigenvalue weighted by Gasteiger charge is 2.27. The van der Waals surface area contributed by atoms with Crippen molar-refractivity contribution in [1.29, 1.82) is 0 Å². The van der Waals surface area contributed by atoms with Crippen LogP contribution < -0.4 is 11.1 Å². The number of nitrogens with one attached hydrogen (secondary N) is 1. The zero-order valence-corrected chi connectivity index (χ0v) is 7.87. The van der Waals surface area contributed by atoms with Crippen LogP contribution in [0.15, 0.2) is 0 Å². The Morgan fingerprint density at radius 3 is 2.46 bits per heavy atom. The Bertz CT molecular complexity index is 231. The summed E-state index contributed by atoms with van der Waals surface area (Å²) in [6.45, 7) is 0.0450. The van der Waals surface area contributed by atoms with Crippen molar-refractivity contribution in [2.75, 3.05) is 6.67 Å². The Balaban J connectivity index is 4.15. The van der Waals surface area contributed by atoms with E-state index < -0.39 is 32.0 Å². The molecule has 8 heteroatoms. The molecule has 0 spiro atoms. The summed E-state index contributed by atoms with van der Waals surface area (Å²) in [6.07, 6.45) is 0. The molecule has 0 fully saturated rings. The topological polar surface area (TPSA) is 113 Å². The van der Waals surface area contributed by atoms with Crippen molar-refractivity contribution < 1.29 is 23.5 Å². The van der Waals surface area contributed by atoms with E-state index in [4.69, 9.17) is 15.5 Å². The van der Waals surface area contributed by atoms with Crippen LogP contribution in [0.4, 0.5) is 4.39 Å². The van der Waals surface area contributed by atoms with Gasteiger partial charge in [-0.15, -0.1) is 0 Å². The minimum atomic E-state index is -4.37. The number of hydrogen-bond acceptors (Lipinski definition) is 3. The first-order valence-corrected chi connectivity index (χ1v) is 5.14. The lowest BCUT2D eigenvalue weighted by Gasteiger charge is -2.16. The number of halogens is 1. The molecule has 5 N–H and O–H groups in total. The summed E-state index contributed by atoms with van der Waals surface area (Å²) in [7, 11) is -4.37. The number of alkyl halides is 1. The van der Waals surface area contributed by atoms with Gasteiger partial charge in [-0.05, 0) is 6.92 Å². The van der Waals surface area contributed by atoms with Gasteiger partial charge in [0.1, 0.15) is 18.5 Å². The second-order valence-electron chi connectivity index (χ2n) is 2.53. The molecule has 0 aliphatic carbocycles. The first-order valence-electron chi connectivity index (χ1n) is 3.46. The summed E-state index contributed by atoms with van der Waals surface area (Å²) in [5.41, 5.74) is 4.97.